The normalized spacial score (nSPS) is 25.5. The van der Waals surface area contributed by atoms with Gasteiger partial charge in [0.2, 0.25) is 6.79 Å². The summed E-state index contributed by atoms with van der Waals surface area (Å²) in [5.41, 5.74) is 3.94. The van der Waals surface area contributed by atoms with Gasteiger partial charge in [-0.2, -0.15) is 18.4 Å². The van der Waals surface area contributed by atoms with Gasteiger partial charge in [0.05, 0.1) is 30.5 Å². The predicted octanol–water partition coefficient (Wildman–Crippen LogP) is 4.85. The largest absolute Gasteiger partial charge is 0.493 e. The minimum Gasteiger partial charge on any atom is -0.493 e. The highest BCUT2D eigenvalue weighted by Crippen LogP contribution is 2.62. The molecule has 0 aromatic heterocycles. The number of aryl methyl sites for hydroxylation is 1. The number of cyclic esters (lactones) is 1. The molecule has 8 rings (SSSR count). The van der Waals surface area contributed by atoms with E-state index in [9.17, 15) is 37.6 Å². The first-order valence-electron chi connectivity index (χ1n) is 18.6. The lowest BCUT2D eigenvalue weighted by Crippen LogP contribution is -2.69. The molecule has 5 aliphatic rings. The summed E-state index contributed by atoms with van der Waals surface area (Å²) in [6.07, 6.45) is -2.10. The number of fused-ring (bicyclic) bond motifs is 9. The number of nitriles is 1. The molecule has 7 atom stereocenters. The number of alkyl halides is 3. The Morgan fingerprint density at radius 1 is 1.03 bits per heavy atom. The topological polar surface area (TPSA) is 175 Å². The molecule has 2 unspecified atom stereocenters. The number of hydrogen-bond acceptors (Lipinski definition) is 14. The summed E-state index contributed by atoms with van der Waals surface area (Å²) in [7, 11) is 1.45. The van der Waals surface area contributed by atoms with Crippen LogP contribution in [0.15, 0.2) is 42.5 Å². The number of halogens is 3. The molecule has 18 heteroatoms. The highest BCUT2D eigenvalue weighted by molar-refractivity contribution is 7.99. The maximum Gasteiger partial charge on any atom is 0.471 e. The number of piperazine rings is 1. The van der Waals surface area contributed by atoms with Gasteiger partial charge in [-0.1, -0.05) is 36.4 Å². The molecule has 14 nitrogen and oxygen atoms in total. The quantitative estimate of drug-likeness (QED) is 0.196. The molecule has 3 aromatic carbocycles. The molecule has 59 heavy (non-hydrogen) atoms. The van der Waals surface area contributed by atoms with Gasteiger partial charge >= 0.3 is 30.0 Å². The number of methoxy groups -OCH3 is 1. The molecule has 308 valence electrons. The summed E-state index contributed by atoms with van der Waals surface area (Å²) in [6, 6.07) is 7.68. The molecule has 4 bridgehead atoms. The number of ether oxygens (including phenoxy) is 6. The number of rotatable bonds is 6. The van der Waals surface area contributed by atoms with Crippen LogP contribution in [0, 0.1) is 25.2 Å². The second kappa shape index (κ2) is 15.4. The van der Waals surface area contributed by atoms with E-state index in [2.05, 4.69) is 11.4 Å². The number of hydrogen-bond donors (Lipinski definition) is 2. The van der Waals surface area contributed by atoms with Crippen LogP contribution in [-0.2, 0) is 30.3 Å². The highest BCUT2D eigenvalue weighted by atomic mass is 32.2. The van der Waals surface area contributed by atoms with E-state index in [4.69, 9.17) is 28.4 Å². The molecule has 0 saturated carbocycles. The van der Waals surface area contributed by atoms with Crippen molar-refractivity contribution < 1.29 is 60.8 Å². The molecule has 3 aromatic rings. The molecule has 5 aliphatic heterocycles. The summed E-state index contributed by atoms with van der Waals surface area (Å²) in [6.45, 7) is 3.99. The van der Waals surface area contributed by atoms with E-state index in [0.29, 0.717) is 34.2 Å². The van der Waals surface area contributed by atoms with Gasteiger partial charge in [0.15, 0.2) is 23.0 Å². The minimum atomic E-state index is -5.30. The van der Waals surface area contributed by atoms with Crippen molar-refractivity contribution in [2.45, 2.75) is 74.9 Å². The maximum absolute atomic E-state index is 13.6. The lowest BCUT2D eigenvalue weighted by molar-refractivity contribution is -0.175. The number of carbonyl (C=O) groups is 4. The van der Waals surface area contributed by atoms with E-state index in [1.807, 2.05) is 41.3 Å². The SMILES string of the molecule is COc1c(C)cc2c(c1OC(=O)/C=C/c1ccccc1)[C@H]1N[C@@H](C2)[C@H](C#N)N2C1[C@@H]1SCC(NC(=O)C(F)(F)F)C(=O)OC[C@@H]2c2c3c(c(C)c(OC(C)=O)c21)OCO3. The number of nitrogens with one attached hydrogen (secondary N) is 2. The van der Waals surface area contributed by atoms with Crippen molar-refractivity contribution in [3.8, 4) is 34.8 Å². The van der Waals surface area contributed by atoms with Crippen molar-refractivity contribution in [3.05, 3.63) is 81.4 Å². The number of nitrogens with zero attached hydrogens (tertiary/aromatic N) is 2. The number of carbonyl (C=O) groups excluding carboxylic acids is 4. The molecule has 0 aliphatic carbocycles. The van der Waals surface area contributed by atoms with Crippen LogP contribution in [0.3, 0.4) is 0 Å². The summed E-state index contributed by atoms with van der Waals surface area (Å²) in [4.78, 5) is 54.1. The first kappa shape index (κ1) is 40.0. The van der Waals surface area contributed by atoms with Gasteiger partial charge in [0, 0.05) is 53.1 Å². The van der Waals surface area contributed by atoms with E-state index in [1.54, 1.807) is 25.2 Å². The summed E-state index contributed by atoms with van der Waals surface area (Å²) in [5.74, 6) is -4.20. The van der Waals surface area contributed by atoms with E-state index < -0.39 is 83.9 Å². The Balaban J connectivity index is 1.34. The van der Waals surface area contributed by atoms with Crippen molar-refractivity contribution in [3.63, 3.8) is 0 Å². The van der Waals surface area contributed by atoms with E-state index in [0.717, 1.165) is 22.9 Å². The second-order valence-electron chi connectivity index (χ2n) is 14.6. The summed E-state index contributed by atoms with van der Waals surface area (Å²) >= 11 is 1.00. The Morgan fingerprint density at radius 2 is 1.78 bits per heavy atom. The molecule has 2 fully saturated rings. The molecule has 0 radical (unpaired) electrons. The molecule has 0 spiro atoms. The van der Waals surface area contributed by atoms with Crippen LogP contribution < -0.4 is 34.3 Å². The first-order valence-corrected chi connectivity index (χ1v) is 19.6. The van der Waals surface area contributed by atoms with Crippen LogP contribution in [-0.4, -0.2) is 85.3 Å². The van der Waals surface area contributed by atoms with Crippen LogP contribution >= 0.6 is 11.8 Å². The van der Waals surface area contributed by atoms with Crippen LogP contribution in [0.4, 0.5) is 13.2 Å². The molecule has 2 saturated heterocycles. The zero-order valence-corrected chi connectivity index (χ0v) is 32.8. The Labute approximate surface area is 339 Å². The number of benzene rings is 3. The molecular formula is C41H37F3N4O10S. The summed E-state index contributed by atoms with van der Waals surface area (Å²) in [5, 5.41) is 15.5. The van der Waals surface area contributed by atoms with Crippen LogP contribution in [0.1, 0.15) is 63.2 Å². The molecule has 5 heterocycles. The Hall–Kier alpha value is -5.77. The average molecular weight is 835 g/mol. The fourth-order valence-corrected chi connectivity index (χ4v) is 10.4. The van der Waals surface area contributed by atoms with Gasteiger partial charge in [-0.3, -0.25) is 14.5 Å². The lowest BCUT2D eigenvalue weighted by atomic mass is 9.72. The highest BCUT2D eigenvalue weighted by Gasteiger charge is 2.59. The van der Waals surface area contributed by atoms with Crippen molar-refractivity contribution in [2.75, 3.05) is 26.3 Å². The van der Waals surface area contributed by atoms with Gasteiger partial charge in [-0.15, -0.1) is 11.8 Å². The fourth-order valence-electron chi connectivity index (χ4n) is 8.85. The van der Waals surface area contributed by atoms with Crippen molar-refractivity contribution in [1.82, 2.24) is 15.5 Å². The average Bonchev–Trinajstić information content (AvgIpc) is 3.69. The van der Waals surface area contributed by atoms with E-state index in [1.165, 1.54) is 20.1 Å². The molecule has 1 amide bonds. The van der Waals surface area contributed by atoms with Crippen LogP contribution in [0.5, 0.6) is 28.7 Å². The minimum absolute atomic E-state index is 0.104. The van der Waals surface area contributed by atoms with E-state index >= 15 is 0 Å². The maximum atomic E-state index is 13.6. The van der Waals surface area contributed by atoms with Gasteiger partial charge in [0.25, 0.3) is 0 Å². The predicted molar refractivity (Wildman–Crippen MR) is 203 cm³/mol. The standard InChI is InChI=1S/C41H37F3N4O10S/c1-18-12-22-13-23-25(14-45)48-26-15-54-39(51)24(47-40(52)41(42,43)44)16-59-38(30-29(26)36-35(55-17-56-36)19(2)34(30)57-20(3)49)32(48)31(46-23)28(22)37(33(18)53-4)58-27(50)11-10-21-8-6-5-7-9-21/h5-12,23-26,31-32,38,46H,13,15-17H2,1-4H3,(H,47,52)/b11-10+/t23-,24?,25-,26+,31+,32?,38+/m0/s1. The van der Waals surface area contributed by atoms with Gasteiger partial charge in [-0.25, -0.2) is 9.59 Å². The monoisotopic (exact) mass is 834 g/mol. The van der Waals surface area contributed by atoms with Gasteiger partial charge in [-0.05, 0) is 43.0 Å². The third-order valence-electron chi connectivity index (χ3n) is 11.1. The van der Waals surface area contributed by atoms with Gasteiger partial charge in [0.1, 0.15) is 24.4 Å². The fraction of sp³-hybridized carbons (Fsp3) is 0.390. The number of esters is 3. The Bertz CT molecular complexity index is 2330. The van der Waals surface area contributed by atoms with Crippen molar-refractivity contribution in [2.24, 2.45) is 0 Å². The first-order chi connectivity index (χ1) is 28.2. The number of thioether (sulfide) groups is 1. The van der Waals surface area contributed by atoms with E-state index in [-0.39, 0.29) is 35.5 Å². The molecular weight excluding hydrogens is 798 g/mol. The summed E-state index contributed by atoms with van der Waals surface area (Å²) < 4.78 is 76.3. The number of amides is 1. The Morgan fingerprint density at radius 3 is 2.47 bits per heavy atom. The third kappa shape index (κ3) is 7.00. The van der Waals surface area contributed by atoms with Crippen LogP contribution in [0.2, 0.25) is 0 Å². The van der Waals surface area contributed by atoms with Gasteiger partial charge < -0.3 is 39.1 Å². The molecule has 2 N–H and O–H groups in total. The third-order valence-corrected chi connectivity index (χ3v) is 12.5. The van der Waals surface area contributed by atoms with Crippen molar-refractivity contribution >= 4 is 41.7 Å². The second-order valence-corrected chi connectivity index (χ2v) is 15.8. The van der Waals surface area contributed by atoms with Crippen molar-refractivity contribution in [1.29, 1.82) is 5.26 Å². The zero-order valence-electron chi connectivity index (χ0n) is 32.0. The lowest BCUT2D eigenvalue weighted by Gasteiger charge is -2.59. The smallest absolute Gasteiger partial charge is 0.471 e. The zero-order chi connectivity index (χ0) is 41.9. The Kier molecular flexibility index (Phi) is 10.5. The van der Waals surface area contributed by atoms with Crippen LogP contribution in [0.25, 0.3) is 6.08 Å².